The third kappa shape index (κ3) is 4.35. The molecule has 0 aliphatic carbocycles. The van der Waals surface area contributed by atoms with Gasteiger partial charge in [-0.2, -0.15) is 13.2 Å². The molecule has 1 saturated heterocycles. The summed E-state index contributed by atoms with van der Waals surface area (Å²) in [4.78, 5) is 13.3. The first-order chi connectivity index (χ1) is 10.2. The first-order valence-corrected chi connectivity index (χ1v) is 9.02. The summed E-state index contributed by atoms with van der Waals surface area (Å²) in [6.45, 7) is -1.80. The summed E-state index contributed by atoms with van der Waals surface area (Å²) in [5, 5.41) is 1.03. The molecular formula is C12H14F3NO4S2. The smallest absolute Gasteiger partial charge is 0.422 e. The molecule has 124 valence electrons. The Morgan fingerprint density at radius 2 is 2.14 bits per heavy atom. The molecular weight excluding hydrogens is 343 g/mol. The van der Waals surface area contributed by atoms with Gasteiger partial charge < -0.3 is 9.64 Å². The highest BCUT2D eigenvalue weighted by Crippen LogP contribution is 2.32. The molecule has 1 aromatic rings. The van der Waals surface area contributed by atoms with Gasteiger partial charge in [0.1, 0.15) is 0 Å². The zero-order valence-corrected chi connectivity index (χ0v) is 13.0. The van der Waals surface area contributed by atoms with E-state index in [4.69, 9.17) is 0 Å². The lowest BCUT2D eigenvalue weighted by Crippen LogP contribution is -2.36. The van der Waals surface area contributed by atoms with Crippen LogP contribution in [0.25, 0.3) is 0 Å². The Morgan fingerprint density at radius 3 is 2.73 bits per heavy atom. The summed E-state index contributed by atoms with van der Waals surface area (Å²) in [6, 6.07) is 3.43. The number of sulfone groups is 1. The third-order valence-electron chi connectivity index (χ3n) is 3.22. The molecule has 1 aliphatic rings. The lowest BCUT2D eigenvalue weighted by atomic mass is 10.2. The SMILES string of the molecule is O=C(OCC(F)(F)F)N1CC[C@@H](c2cccs2)S(=O)(=O)CC1. The van der Waals surface area contributed by atoms with Gasteiger partial charge in [0.15, 0.2) is 16.4 Å². The third-order valence-corrected chi connectivity index (χ3v) is 6.46. The number of hydrogen-bond donors (Lipinski definition) is 0. The number of carbonyl (C=O) groups is 1. The predicted octanol–water partition coefficient (Wildman–Crippen LogP) is 2.61. The minimum atomic E-state index is -4.60. The quantitative estimate of drug-likeness (QED) is 0.816. The van der Waals surface area contributed by atoms with Gasteiger partial charge in [0.25, 0.3) is 0 Å². The Morgan fingerprint density at radius 1 is 1.41 bits per heavy atom. The van der Waals surface area contributed by atoms with Gasteiger partial charge in [-0.25, -0.2) is 13.2 Å². The average Bonchev–Trinajstić information content (AvgIpc) is 2.87. The van der Waals surface area contributed by atoms with Crippen molar-refractivity contribution in [2.45, 2.75) is 17.8 Å². The van der Waals surface area contributed by atoms with Crippen LogP contribution in [0.5, 0.6) is 0 Å². The van der Waals surface area contributed by atoms with E-state index in [1.165, 1.54) is 11.3 Å². The normalized spacial score (nSPS) is 22.1. The lowest BCUT2D eigenvalue weighted by Gasteiger charge is -2.19. The number of thiophene rings is 1. The molecule has 22 heavy (non-hydrogen) atoms. The van der Waals surface area contributed by atoms with Crippen LogP contribution in [0.1, 0.15) is 16.5 Å². The van der Waals surface area contributed by atoms with Gasteiger partial charge in [0, 0.05) is 18.0 Å². The number of halogens is 3. The van der Waals surface area contributed by atoms with Crippen LogP contribution < -0.4 is 0 Å². The van der Waals surface area contributed by atoms with E-state index in [2.05, 4.69) is 4.74 Å². The average molecular weight is 357 g/mol. The molecule has 0 bridgehead atoms. The van der Waals surface area contributed by atoms with E-state index in [9.17, 15) is 26.4 Å². The minimum absolute atomic E-state index is 0.0402. The Kier molecular flexibility index (Phi) is 5.00. The van der Waals surface area contributed by atoms with Gasteiger partial charge in [0.2, 0.25) is 0 Å². The van der Waals surface area contributed by atoms with Crippen LogP contribution in [0.15, 0.2) is 17.5 Å². The molecule has 0 spiro atoms. The standard InChI is InChI=1S/C12H14F3NO4S2/c13-12(14,15)8-20-11(17)16-4-3-10(9-2-1-6-21-9)22(18,19)7-5-16/h1-2,6,10H,3-5,7-8H2/t10-/m0/s1. The monoisotopic (exact) mass is 357 g/mol. The molecule has 1 amide bonds. The number of carbonyl (C=O) groups excluding carboxylic acids is 1. The molecule has 1 fully saturated rings. The van der Waals surface area contributed by atoms with Gasteiger partial charge in [-0.3, -0.25) is 0 Å². The van der Waals surface area contributed by atoms with Crippen molar-refractivity contribution in [3.8, 4) is 0 Å². The number of alkyl halides is 3. The van der Waals surface area contributed by atoms with E-state index in [1.54, 1.807) is 17.5 Å². The summed E-state index contributed by atoms with van der Waals surface area (Å²) in [7, 11) is -3.45. The Balaban J connectivity index is 2.03. The maximum absolute atomic E-state index is 12.2. The van der Waals surface area contributed by atoms with Crippen molar-refractivity contribution in [3.05, 3.63) is 22.4 Å². The molecule has 2 heterocycles. The molecule has 5 nitrogen and oxygen atoms in total. The first-order valence-electron chi connectivity index (χ1n) is 6.42. The van der Waals surface area contributed by atoms with Crippen LogP contribution in [0.3, 0.4) is 0 Å². The Hall–Kier alpha value is -1.29. The maximum atomic E-state index is 12.2. The number of hydrogen-bond acceptors (Lipinski definition) is 5. The van der Waals surface area contributed by atoms with Crippen LogP contribution in [-0.2, 0) is 14.6 Å². The van der Waals surface area contributed by atoms with E-state index in [1.807, 2.05) is 0 Å². The zero-order valence-electron chi connectivity index (χ0n) is 11.4. The predicted molar refractivity (Wildman–Crippen MR) is 74.4 cm³/mol. The zero-order chi connectivity index (χ0) is 16.4. The van der Waals surface area contributed by atoms with Crippen molar-refractivity contribution < 1.29 is 31.1 Å². The fourth-order valence-corrected chi connectivity index (χ4v) is 5.16. The molecule has 2 rings (SSSR count). The summed E-state index contributed by atoms with van der Waals surface area (Å²) >= 11 is 1.30. The van der Waals surface area contributed by atoms with Crippen LogP contribution in [0, 0.1) is 0 Å². The van der Waals surface area contributed by atoms with Gasteiger partial charge in [-0.1, -0.05) is 6.07 Å². The summed E-state index contributed by atoms with van der Waals surface area (Å²) in [5.41, 5.74) is 0. The fraction of sp³-hybridized carbons (Fsp3) is 0.583. The Bertz CT molecular complexity index is 613. The fourth-order valence-electron chi connectivity index (χ4n) is 2.16. The molecule has 1 aromatic heterocycles. The van der Waals surface area contributed by atoms with E-state index >= 15 is 0 Å². The van der Waals surface area contributed by atoms with Crippen LogP contribution in [0.4, 0.5) is 18.0 Å². The van der Waals surface area contributed by atoms with Gasteiger partial charge in [0.05, 0.1) is 11.0 Å². The van der Waals surface area contributed by atoms with Crippen LogP contribution in [-0.4, -0.2) is 51.0 Å². The van der Waals surface area contributed by atoms with Gasteiger partial charge in [-0.05, 0) is 17.9 Å². The summed E-state index contributed by atoms with van der Waals surface area (Å²) in [5.74, 6) is -0.295. The molecule has 0 N–H and O–H groups in total. The van der Waals surface area contributed by atoms with Crippen molar-refractivity contribution in [2.24, 2.45) is 0 Å². The second-order valence-corrected chi connectivity index (χ2v) is 8.10. The van der Waals surface area contributed by atoms with E-state index in [-0.39, 0.29) is 25.3 Å². The number of ether oxygens (including phenoxy) is 1. The second-order valence-electron chi connectivity index (χ2n) is 4.82. The largest absolute Gasteiger partial charge is 0.440 e. The minimum Gasteiger partial charge on any atom is -0.440 e. The molecule has 10 heteroatoms. The molecule has 1 atom stereocenters. The van der Waals surface area contributed by atoms with E-state index < -0.39 is 34.0 Å². The highest BCUT2D eigenvalue weighted by Gasteiger charge is 2.35. The van der Waals surface area contributed by atoms with E-state index in [0.29, 0.717) is 4.88 Å². The van der Waals surface area contributed by atoms with E-state index in [0.717, 1.165) is 4.90 Å². The van der Waals surface area contributed by atoms with Crippen molar-refractivity contribution in [1.29, 1.82) is 0 Å². The number of rotatable bonds is 2. The molecule has 0 unspecified atom stereocenters. The van der Waals surface area contributed by atoms with Crippen molar-refractivity contribution >= 4 is 27.3 Å². The molecule has 1 aliphatic heterocycles. The number of nitrogens with zero attached hydrogens (tertiary/aromatic N) is 1. The van der Waals surface area contributed by atoms with Crippen LogP contribution >= 0.6 is 11.3 Å². The highest BCUT2D eigenvalue weighted by atomic mass is 32.2. The highest BCUT2D eigenvalue weighted by molar-refractivity contribution is 7.91. The molecule has 0 radical (unpaired) electrons. The lowest BCUT2D eigenvalue weighted by molar-refractivity contribution is -0.162. The van der Waals surface area contributed by atoms with Crippen molar-refractivity contribution in [1.82, 2.24) is 4.90 Å². The van der Waals surface area contributed by atoms with Gasteiger partial charge >= 0.3 is 12.3 Å². The first kappa shape index (κ1) is 17.1. The second kappa shape index (κ2) is 6.45. The maximum Gasteiger partial charge on any atom is 0.422 e. The summed E-state index contributed by atoms with van der Waals surface area (Å²) in [6.07, 6.45) is -5.60. The van der Waals surface area contributed by atoms with Crippen molar-refractivity contribution in [3.63, 3.8) is 0 Å². The van der Waals surface area contributed by atoms with Crippen LogP contribution in [0.2, 0.25) is 0 Å². The Labute approximate surface area is 129 Å². The molecule has 0 saturated carbocycles. The number of amides is 1. The summed E-state index contributed by atoms with van der Waals surface area (Å²) < 4.78 is 64.8. The van der Waals surface area contributed by atoms with Crippen molar-refractivity contribution in [2.75, 3.05) is 25.4 Å². The topological polar surface area (TPSA) is 63.7 Å². The van der Waals surface area contributed by atoms with Gasteiger partial charge in [-0.15, -0.1) is 11.3 Å². The molecule has 0 aromatic carbocycles.